The Bertz CT molecular complexity index is 621. The van der Waals surface area contributed by atoms with Crippen molar-refractivity contribution in [3.63, 3.8) is 0 Å². The Balaban J connectivity index is 2.02. The summed E-state index contributed by atoms with van der Waals surface area (Å²) in [5.41, 5.74) is 2.17. The predicted molar refractivity (Wildman–Crippen MR) is 97.3 cm³/mol. The van der Waals surface area contributed by atoms with Crippen molar-refractivity contribution >= 4 is 27.9 Å². The molecule has 0 aliphatic carbocycles. The van der Waals surface area contributed by atoms with Crippen LogP contribution in [0.25, 0.3) is 0 Å². The molecule has 5 nitrogen and oxygen atoms in total. The number of piperazine rings is 1. The number of aryl methyl sites for hydroxylation is 2. The van der Waals surface area contributed by atoms with Crippen LogP contribution in [0, 0.1) is 13.8 Å². The van der Waals surface area contributed by atoms with Crippen LogP contribution in [0.15, 0.2) is 16.6 Å². The predicted octanol–water partition coefficient (Wildman–Crippen LogP) is 3.76. The maximum Gasteiger partial charge on any atom is 0.410 e. The minimum Gasteiger partial charge on any atom is -0.444 e. The Morgan fingerprint density at radius 2 is 1.46 bits per heavy atom. The van der Waals surface area contributed by atoms with E-state index in [1.807, 2.05) is 51.7 Å². The highest BCUT2D eigenvalue weighted by Crippen LogP contribution is 2.23. The Kier molecular flexibility index (Phi) is 5.58. The number of benzene rings is 1. The Morgan fingerprint density at radius 3 is 1.92 bits per heavy atom. The number of ether oxygens (including phenoxy) is 1. The molecule has 1 aromatic rings. The van der Waals surface area contributed by atoms with Gasteiger partial charge in [-0.3, -0.25) is 4.79 Å². The van der Waals surface area contributed by atoms with Gasteiger partial charge in [-0.05, 0) is 57.9 Å². The third kappa shape index (κ3) is 4.50. The number of nitrogens with zero attached hydrogens (tertiary/aromatic N) is 2. The van der Waals surface area contributed by atoms with Gasteiger partial charge in [-0.1, -0.05) is 15.9 Å². The maximum absolute atomic E-state index is 12.8. The molecular weight excluding hydrogens is 372 g/mol. The zero-order chi connectivity index (χ0) is 18.1. The molecule has 2 amide bonds. The van der Waals surface area contributed by atoms with Crippen molar-refractivity contribution in [2.75, 3.05) is 26.2 Å². The van der Waals surface area contributed by atoms with Crippen molar-refractivity contribution in [2.24, 2.45) is 0 Å². The second-order valence-electron chi connectivity index (χ2n) is 7.17. The summed E-state index contributed by atoms with van der Waals surface area (Å²) in [6.45, 7) is 11.5. The molecule has 132 valence electrons. The average Bonchev–Trinajstić information content (AvgIpc) is 2.44. The van der Waals surface area contributed by atoms with E-state index >= 15 is 0 Å². The van der Waals surface area contributed by atoms with Crippen LogP contribution in [0.3, 0.4) is 0 Å². The highest BCUT2D eigenvalue weighted by molar-refractivity contribution is 9.10. The van der Waals surface area contributed by atoms with E-state index in [4.69, 9.17) is 4.74 Å². The number of hydrogen-bond acceptors (Lipinski definition) is 3. The van der Waals surface area contributed by atoms with Gasteiger partial charge in [0.25, 0.3) is 5.91 Å². The van der Waals surface area contributed by atoms with E-state index in [0.29, 0.717) is 26.2 Å². The lowest BCUT2D eigenvalue weighted by molar-refractivity contribution is 0.0140. The minimum absolute atomic E-state index is 0.0290. The lowest BCUT2D eigenvalue weighted by Gasteiger charge is -2.36. The highest BCUT2D eigenvalue weighted by Gasteiger charge is 2.29. The Hall–Kier alpha value is -1.56. The van der Waals surface area contributed by atoms with Gasteiger partial charge < -0.3 is 14.5 Å². The van der Waals surface area contributed by atoms with Crippen molar-refractivity contribution in [1.29, 1.82) is 0 Å². The first-order valence-corrected chi connectivity index (χ1v) is 8.92. The van der Waals surface area contributed by atoms with Gasteiger partial charge in [-0.15, -0.1) is 0 Å². The van der Waals surface area contributed by atoms with Crippen molar-refractivity contribution in [2.45, 2.75) is 40.2 Å². The Morgan fingerprint density at radius 1 is 1.00 bits per heavy atom. The van der Waals surface area contributed by atoms with E-state index < -0.39 is 5.60 Å². The molecule has 0 bridgehead atoms. The summed E-state index contributed by atoms with van der Waals surface area (Å²) in [7, 11) is 0. The standard InChI is InChI=1S/C18H25BrN2O3/c1-12-10-14(19)11-13(2)15(12)16(22)20-6-8-21(9-7-20)17(23)24-18(3,4)5/h10-11H,6-9H2,1-5H3. The van der Waals surface area contributed by atoms with Gasteiger partial charge in [0.1, 0.15) is 5.60 Å². The van der Waals surface area contributed by atoms with Crippen LogP contribution < -0.4 is 0 Å². The summed E-state index contributed by atoms with van der Waals surface area (Å²) in [5, 5.41) is 0. The van der Waals surface area contributed by atoms with E-state index in [0.717, 1.165) is 21.2 Å². The monoisotopic (exact) mass is 396 g/mol. The molecule has 1 saturated heterocycles. The van der Waals surface area contributed by atoms with Crippen LogP contribution in [-0.2, 0) is 4.74 Å². The molecular formula is C18H25BrN2O3. The molecule has 0 radical (unpaired) electrons. The van der Waals surface area contributed by atoms with Gasteiger partial charge in [0.05, 0.1) is 0 Å². The van der Waals surface area contributed by atoms with Gasteiger partial charge in [0.2, 0.25) is 0 Å². The van der Waals surface area contributed by atoms with E-state index in [9.17, 15) is 9.59 Å². The summed E-state index contributed by atoms with van der Waals surface area (Å²) in [5.74, 6) is 0.0290. The number of amides is 2. The summed E-state index contributed by atoms with van der Waals surface area (Å²) < 4.78 is 6.36. The first kappa shape index (κ1) is 18.8. The molecule has 1 aromatic carbocycles. The van der Waals surface area contributed by atoms with E-state index in [1.165, 1.54) is 0 Å². The van der Waals surface area contributed by atoms with Gasteiger partial charge in [0, 0.05) is 36.2 Å². The largest absolute Gasteiger partial charge is 0.444 e. The quantitative estimate of drug-likeness (QED) is 0.725. The molecule has 1 aliphatic heterocycles. The molecule has 0 N–H and O–H groups in total. The molecule has 0 saturated carbocycles. The van der Waals surface area contributed by atoms with Crippen LogP contribution in [-0.4, -0.2) is 53.6 Å². The van der Waals surface area contributed by atoms with Gasteiger partial charge in [-0.25, -0.2) is 4.79 Å². The van der Waals surface area contributed by atoms with Crippen molar-refractivity contribution in [1.82, 2.24) is 9.80 Å². The number of hydrogen-bond donors (Lipinski definition) is 0. The topological polar surface area (TPSA) is 49.9 Å². The zero-order valence-electron chi connectivity index (χ0n) is 15.0. The van der Waals surface area contributed by atoms with Crippen LogP contribution in [0.5, 0.6) is 0 Å². The van der Waals surface area contributed by atoms with E-state index in [1.54, 1.807) is 4.90 Å². The number of carbonyl (C=O) groups is 2. The van der Waals surface area contributed by atoms with Crippen molar-refractivity contribution in [3.8, 4) is 0 Å². The first-order chi connectivity index (χ1) is 11.1. The smallest absolute Gasteiger partial charge is 0.410 e. The summed E-state index contributed by atoms with van der Waals surface area (Å²) in [6.07, 6.45) is -0.314. The molecule has 24 heavy (non-hydrogen) atoms. The molecule has 0 aromatic heterocycles. The fraction of sp³-hybridized carbons (Fsp3) is 0.556. The first-order valence-electron chi connectivity index (χ1n) is 8.12. The summed E-state index contributed by atoms with van der Waals surface area (Å²) in [6, 6.07) is 3.91. The lowest BCUT2D eigenvalue weighted by Crippen LogP contribution is -2.51. The highest BCUT2D eigenvalue weighted by atomic mass is 79.9. The molecule has 1 heterocycles. The number of halogens is 1. The average molecular weight is 397 g/mol. The SMILES string of the molecule is Cc1cc(Br)cc(C)c1C(=O)N1CCN(C(=O)OC(C)(C)C)CC1. The minimum atomic E-state index is -0.504. The second-order valence-corrected chi connectivity index (χ2v) is 8.09. The Labute approximate surface area is 152 Å². The molecule has 2 rings (SSSR count). The lowest BCUT2D eigenvalue weighted by atomic mass is 10.0. The summed E-state index contributed by atoms with van der Waals surface area (Å²) in [4.78, 5) is 28.4. The van der Waals surface area contributed by atoms with Crippen LogP contribution in [0.4, 0.5) is 4.79 Å². The van der Waals surface area contributed by atoms with E-state index in [2.05, 4.69) is 15.9 Å². The fourth-order valence-electron chi connectivity index (χ4n) is 2.82. The zero-order valence-corrected chi connectivity index (χ0v) is 16.6. The normalized spacial score (nSPS) is 15.4. The van der Waals surface area contributed by atoms with Gasteiger partial charge >= 0.3 is 6.09 Å². The fourth-order valence-corrected chi connectivity index (χ4v) is 3.51. The molecule has 0 unspecified atom stereocenters. The molecule has 0 spiro atoms. The molecule has 1 fully saturated rings. The van der Waals surface area contributed by atoms with Crippen LogP contribution >= 0.6 is 15.9 Å². The van der Waals surface area contributed by atoms with Gasteiger partial charge in [0.15, 0.2) is 0 Å². The summed E-state index contributed by atoms with van der Waals surface area (Å²) >= 11 is 3.46. The molecule has 6 heteroatoms. The van der Waals surface area contributed by atoms with Crippen molar-refractivity contribution in [3.05, 3.63) is 33.3 Å². The molecule has 1 aliphatic rings. The third-order valence-electron chi connectivity index (χ3n) is 3.93. The maximum atomic E-state index is 12.8. The second kappa shape index (κ2) is 7.13. The van der Waals surface area contributed by atoms with Crippen molar-refractivity contribution < 1.29 is 14.3 Å². The van der Waals surface area contributed by atoms with Crippen LogP contribution in [0.2, 0.25) is 0 Å². The van der Waals surface area contributed by atoms with E-state index in [-0.39, 0.29) is 12.0 Å². The number of carbonyl (C=O) groups excluding carboxylic acids is 2. The third-order valence-corrected chi connectivity index (χ3v) is 4.39. The van der Waals surface area contributed by atoms with Gasteiger partial charge in [-0.2, -0.15) is 0 Å². The number of rotatable bonds is 1. The molecule has 0 atom stereocenters. The van der Waals surface area contributed by atoms with Crippen LogP contribution in [0.1, 0.15) is 42.3 Å².